The van der Waals surface area contributed by atoms with Crippen molar-refractivity contribution in [2.24, 2.45) is 5.73 Å². The SMILES string of the molecule is NC(CC(=O)O)c1cccc(Cl)c1Cl. The van der Waals surface area contributed by atoms with Crippen molar-refractivity contribution in [1.82, 2.24) is 0 Å². The highest BCUT2D eigenvalue weighted by Gasteiger charge is 2.14. The first kappa shape index (κ1) is 11.3. The van der Waals surface area contributed by atoms with Gasteiger partial charge in [0, 0.05) is 6.04 Å². The second kappa shape index (κ2) is 4.64. The Balaban J connectivity index is 2.95. The maximum atomic E-state index is 10.4. The van der Waals surface area contributed by atoms with E-state index >= 15 is 0 Å². The van der Waals surface area contributed by atoms with E-state index in [1.165, 1.54) is 0 Å². The molecule has 0 saturated carbocycles. The molecule has 0 aliphatic carbocycles. The van der Waals surface area contributed by atoms with E-state index < -0.39 is 12.0 Å². The summed E-state index contributed by atoms with van der Waals surface area (Å²) >= 11 is 11.6. The van der Waals surface area contributed by atoms with Crippen LogP contribution in [0.3, 0.4) is 0 Å². The molecule has 1 aromatic rings. The molecule has 3 nitrogen and oxygen atoms in total. The Kier molecular flexibility index (Phi) is 3.75. The van der Waals surface area contributed by atoms with Crippen LogP contribution >= 0.6 is 23.2 Å². The molecule has 0 heterocycles. The number of carbonyl (C=O) groups is 1. The van der Waals surface area contributed by atoms with E-state index in [2.05, 4.69) is 0 Å². The maximum Gasteiger partial charge on any atom is 0.305 e. The molecular weight excluding hydrogens is 225 g/mol. The van der Waals surface area contributed by atoms with Crippen molar-refractivity contribution < 1.29 is 9.90 Å². The van der Waals surface area contributed by atoms with Gasteiger partial charge >= 0.3 is 5.97 Å². The third kappa shape index (κ3) is 2.61. The van der Waals surface area contributed by atoms with E-state index in [0.29, 0.717) is 15.6 Å². The summed E-state index contributed by atoms with van der Waals surface area (Å²) in [5.74, 6) is -0.964. The first-order valence-electron chi connectivity index (χ1n) is 3.93. The van der Waals surface area contributed by atoms with Gasteiger partial charge in [-0.2, -0.15) is 0 Å². The number of rotatable bonds is 3. The number of halogens is 2. The first-order valence-corrected chi connectivity index (χ1v) is 4.69. The lowest BCUT2D eigenvalue weighted by atomic mass is 10.1. The van der Waals surface area contributed by atoms with Crippen LogP contribution in [0.1, 0.15) is 18.0 Å². The third-order valence-corrected chi connectivity index (χ3v) is 2.61. The zero-order valence-corrected chi connectivity index (χ0v) is 8.72. The van der Waals surface area contributed by atoms with Crippen molar-refractivity contribution in [1.29, 1.82) is 0 Å². The highest BCUT2D eigenvalue weighted by atomic mass is 35.5. The Morgan fingerprint density at radius 1 is 1.50 bits per heavy atom. The van der Waals surface area contributed by atoms with Crippen molar-refractivity contribution in [2.45, 2.75) is 12.5 Å². The minimum atomic E-state index is -0.964. The molecule has 1 rings (SSSR count). The molecule has 0 aliphatic rings. The van der Waals surface area contributed by atoms with Gasteiger partial charge in [0.05, 0.1) is 16.5 Å². The number of benzene rings is 1. The number of aliphatic carboxylic acids is 1. The summed E-state index contributed by atoms with van der Waals surface area (Å²) < 4.78 is 0. The Bertz CT molecular complexity index is 355. The lowest BCUT2D eigenvalue weighted by molar-refractivity contribution is -0.137. The van der Waals surface area contributed by atoms with Crippen LogP contribution in [-0.4, -0.2) is 11.1 Å². The Morgan fingerprint density at radius 2 is 2.14 bits per heavy atom. The summed E-state index contributed by atoms with van der Waals surface area (Å²) in [7, 11) is 0. The van der Waals surface area contributed by atoms with Gasteiger partial charge in [-0.05, 0) is 11.6 Å². The molecule has 1 aromatic carbocycles. The quantitative estimate of drug-likeness (QED) is 0.844. The molecule has 0 spiro atoms. The Hall–Kier alpha value is -0.770. The second-order valence-electron chi connectivity index (χ2n) is 2.85. The molecule has 0 saturated heterocycles. The molecule has 76 valence electrons. The van der Waals surface area contributed by atoms with Gasteiger partial charge < -0.3 is 10.8 Å². The van der Waals surface area contributed by atoms with E-state index in [1.54, 1.807) is 18.2 Å². The number of hydrogen-bond acceptors (Lipinski definition) is 2. The molecule has 0 aromatic heterocycles. The van der Waals surface area contributed by atoms with Crippen molar-refractivity contribution >= 4 is 29.2 Å². The smallest absolute Gasteiger partial charge is 0.305 e. The average Bonchev–Trinajstić information content (AvgIpc) is 2.08. The summed E-state index contributed by atoms with van der Waals surface area (Å²) in [4.78, 5) is 10.4. The van der Waals surface area contributed by atoms with Crippen LogP contribution < -0.4 is 5.73 Å². The van der Waals surface area contributed by atoms with Gasteiger partial charge in [-0.1, -0.05) is 35.3 Å². The van der Waals surface area contributed by atoms with Gasteiger partial charge in [0.1, 0.15) is 0 Å². The maximum absolute atomic E-state index is 10.4. The van der Waals surface area contributed by atoms with Crippen LogP contribution in [0.15, 0.2) is 18.2 Å². The van der Waals surface area contributed by atoms with Crippen molar-refractivity contribution in [3.05, 3.63) is 33.8 Å². The van der Waals surface area contributed by atoms with E-state index in [9.17, 15) is 4.79 Å². The summed E-state index contributed by atoms with van der Waals surface area (Å²) in [5, 5.41) is 9.25. The van der Waals surface area contributed by atoms with Crippen molar-refractivity contribution in [3.8, 4) is 0 Å². The summed E-state index contributed by atoms with van der Waals surface area (Å²) in [6.45, 7) is 0. The normalized spacial score (nSPS) is 12.5. The fourth-order valence-corrected chi connectivity index (χ4v) is 1.55. The first-order chi connectivity index (χ1) is 6.52. The average molecular weight is 234 g/mol. The monoisotopic (exact) mass is 233 g/mol. The van der Waals surface area contributed by atoms with Crippen LogP contribution in [0, 0.1) is 0 Å². The molecule has 3 N–H and O–H groups in total. The van der Waals surface area contributed by atoms with E-state index in [0.717, 1.165) is 0 Å². The van der Waals surface area contributed by atoms with Crippen LogP contribution in [0.25, 0.3) is 0 Å². The fraction of sp³-hybridized carbons (Fsp3) is 0.222. The van der Waals surface area contributed by atoms with Crippen LogP contribution in [-0.2, 0) is 4.79 Å². The molecule has 0 radical (unpaired) electrons. The molecular formula is C9H9Cl2NO2. The lowest BCUT2D eigenvalue weighted by Crippen LogP contribution is -2.15. The topological polar surface area (TPSA) is 63.3 Å². The van der Waals surface area contributed by atoms with Crippen molar-refractivity contribution in [3.63, 3.8) is 0 Å². The fourth-order valence-electron chi connectivity index (χ4n) is 1.10. The molecule has 14 heavy (non-hydrogen) atoms. The van der Waals surface area contributed by atoms with Gasteiger partial charge in [0.15, 0.2) is 0 Å². The zero-order chi connectivity index (χ0) is 10.7. The number of carboxylic acid groups (broad SMARTS) is 1. The number of nitrogens with two attached hydrogens (primary N) is 1. The molecule has 0 fully saturated rings. The number of carboxylic acids is 1. The van der Waals surface area contributed by atoms with Crippen LogP contribution in [0.4, 0.5) is 0 Å². The predicted molar refractivity (Wildman–Crippen MR) is 55.6 cm³/mol. The highest BCUT2D eigenvalue weighted by molar-refractivity contribution is 6.42. The van der Waals surface area contributed by atoms with E-state index in [-0.39, 0.29) is 6.42 Å². The lowest BCUT2D eigenvalue weighted by Gasteiger charge is -2.11. The standard InChI is InChI=1S/C9H9Cl2NO2/c10-6-3-1-2-5(9(6)11)7(12)4-8(13)14/h1-3,7H,4,12H2,(H,13,14). The van der Waals surface area contributed by atoms with Gasteiger partial charge in [0.2, 0.25) is 0 Å². The molecule has 5 heteroatoms. The zero-order valence-electron chi connectivity index (χ0n) is 7.21. The van der Waals surface area contributed by atoms with Gasteiger partial charge in [-0.15, -0.1) is 0 Å². The van der Waals surface area contributed by atoms with Gasteiger partial charge in [-0.3, -0.25) is 4.79 Å². The summed E-state index contributed by atoms with van der Waals surface area (Å²) in [5.41, 5.74) is 6.20. The minimum absolute atomic E-state index is 0.167. The molecule has 1 unspecified atom stereocenters. The molecule has 0 bridgehead atoms. The predicted octanol–water partition coefficient (Wildman–Crippen LogP) is 2.47. The highest BCUT2D eigenvalue weighted by Crippen LogP contribution is 2.29. The van der Waals surface area contributed by atoms with Crippen molar-refractivity contribution in [2.75, 3.05) is 0 Å². The number of hydrogen-bond donors (Lipinski definition) is 2. The van der Waals surface area contributed by atoms with Crippen LogP contribution in [0.5, 0.6) is 0 Å². The van der Waals surface area contributed by atoms with Gasteiger partial charge in [0.25, 0.3) is 0 Å². The molecule has 1 atom stereocenters. The summed E-state index contributed by atoms with van der Waals surface area (Å²) in [6.07, 6.45) is -0.167. The Morgan fingerprint density at radius 3 is 2.71 bits per heavy atom. The third-order valence-electron chi connectivity index (χ3n) is 1.78. The molecule has 0 aliphatic heterocycles. The minimum Gasteiger partial charge on any atom is -0.481 e. The van der Waals surface area contributed by atoms with Gasteiger partial charge in [-0.25, -0.2) is 0 Å². The molecule has 0 amide bonds. The second-order valence-corrected chi connectivity index (χ2v) is 3.63. The largest absolute Gasteiger partial charge is 0.481 e. The Labute approximate surface area is 91.4 Å². The van der Waals surface area contributed by atoms with Crippen LogP contribution in [0.2, 0.25) is 10.0 Å². The van der Waals surface area contributed by atoms with E-state index in [1.807, 2.05) is 0 Å². The van der Waals surface area contributed by atoms with E-state index in [4.69, 9.17) is 34.0 Å². The summed E-state index contributed by atoms with van der Waals surface area (Å²) in [6, 6.07) is 4.35.